The highest BCUT2D eigenvalue weighted by Gasteiger charge is 2.09. The van der Waals surface area contributed by atoms with E-state index in [0.29, 0.717) is 13.0 Å². The van der Waals surface area contributed by atoms with Crippen LogP contribution in [0, 0.1) is 6.92 Å². The van der Waals surface area contributed by atoms with Gasteiger partial charge in [0.05, 0.1) is 12.2 Å². The Morgan fingerprint density at radius 3 is 2.70 bits per heavy atom. The molecule has 0 atom stereocenters. The molecule has 2 aromatic heterocycles. The molecule has 0 bridgehead atoms. The van der Waals surface area contributed by atoms with Crippen molar-refractivity contribution in [1.29, 1.82) is 0 Å². The van der Waals surface area contributed by atoms with E-state index in [9.17, 15) is 4.79 Å². The van der Waals surface area contributed by atoms with Crippen LogP contribution in [0.1, 0.15) is 38.4 Å². The van der Waals surface area contributed by atoms with E-state index < -0.39 is 0 Å². The molecule has 2 N–H and O–H groups in total. The fourth-order valence-electron chi connectivity index (χ4n) is 2.97. The number of fused-ring (bicyclic) bond motifs is 1. The summed E-state index contributed by atoms with van der Waals surface area (Å²) >= 11 is 0. The van der Waals surface area contributed by atoms with Crippen LogP contribution in [0.25, 0.3) is 5.65 Å². The first-order valence-corrected chi connectivity index (χ1v) is 9.82. The van der Waals surface area contributed by atoms with Gasteiger partial charge in [-0.15, -0.1) is 0 Å². The maximum absolute atomic E-state index is 12.1. The average molecular weight is 373 g/mol. The molecule has 0 radical (unpaired) electrons. The number of rotatable bonds is 9. The molecule has 0 unspecified atom stereocenters. The van der Waals surface area contributed by atoms with Gasteiger partial charge in [0.25, 0.3) is 0 Å². The van der Waals surface area contributed by atoms with E-state index >= 15 is 0 Å². The van der Waals surface area contributed by atoms with Gasteiger partial charge in [-0.25, -0.2) is 4.98 Å². The standard InChI is InChI=1S/C20H32N6O/c1-5-21-20(23-13-11-18(27)25(6-2)7-3)22-12-10-17-15-26-14-8-9-16(4)19(26)24-17/h8-9,14-15H,5-7,10-13H2,1-4H3,(H2,21,22,23). The predicted octanol–water partition coefficient (Wildman–Crippen LogP) is 2.00. The smallest absolute Gasteiger partial charge is 0.224 e. The van der Waals surface area contributed by atoms with Crippen LogP contribution in [0.4, 0.5) is 0 Å². The van der Waals surface area contributed by atoms with Crippen molar-refractivity contribution in [1.82, 2.24) is 24.9 Å². The highest BCUT2D eigenvalue weighted by Crippen LogP contribution is 2.09. The van der Waals surface area contributed by atoms with E-state index in [1.807, 2.05) is 37.9 Å². The van der Waals surface area contributed by atoms with Crippen LogP contribution in [-0.4, -0.2) is 58.9 Å². The largest absolute Gasteiger partial charge is 0.357 e. The van der Waals surface area contributed by atoms with Crippen molar-refractivity contribution >= 4 is 17.5 Å². The van der Waals surface area contributed by atoms with Gasteiger partial charge < -0.3 is 19.9 Å². The van der Waals surface area contributed by atoms with Gasteiger partial charge in [0.2, 0.25) is 5.91 Å². The van der Waals surface area contributed by atoms with E-state index in [1.54, 1.807) is 0 Å². The molecular weight excluding hydrogens is 340 g/mol. The fourth-order valence-corrected chi connectivity index (χ4v) is 2.97. The topological polar surface area (TPSA) is 74.0 Å². The van der Waals surface area contributed by atoms with Crippen molar-refractivity contribution in [3.63, 3.8) is 0 Å². The summed E-state index contributed by atoms with van der Waals surface area (Å²) in [6, 6.07) is 4.10. The Bertz CT molecular complexity index is 763. The summed E-state index contributed by atoms with van der Waals surface area (Å²) in [6.45, 7) is 11.6. The first-order chi connectivity index (χ1) is 13.1. The highest BCUT2D eigenvalue weighted by molar-refractivity contribution is 5.80. The molecule has 0 aromatic carbocycles. The Hall–Kier alpha value is -2.57. The van der Waals surface area contributed by atoms with Crippen molar-refractivity contribution in [2.75, 3.05) is 32.7 Å². The average Bonchev–Trinajstić information content (AvgIpc) is 3.07. The second-order valence-electron chi connectivity index (χ2n) is 6.41. The molecule has 148 valence electrons. The number of guanidine groups is 1. The summed E-state index contributed by atoms with van der Waals surface area (Å²) in [6.07, 6.45) is 5.33. The molecule has 1 amide bonds. The lowest BCUT2D eigenvalue weighted by molar-refractivity contribution is -0.130. The number of aromatic nitrogens is 2. The lowest BCUT2D eigenvalue weighted by atomic mass is 10.3. The molecule has 0 aliphatic carbocycles. The third-order valence-electron chi connectivity index (χ3n) is 4.46. The van der Waals surface area contributed by atoms with E-state index in [0.717, 1.165) is 49.9 Å². The number of imidazole rings is 1. The number of hydrogen-bond donors (Lipinski definition) is 2. The van der Waals surface area contributed by atoms with Gasteiger partial charge in [0.15, 0.2) is 5.96 Å². The first-order valence-electron chi connectivity index (χ1n) is 9.82. The second kappa shape index (κ2) is 10.5. The molecule has 0 saturated carbocycles. The van der Waals surface area contributed by atoms with Crippen molar-refractivity contribution in [3.8, 4) is 0 Å². The van der Waals surface area contributed by atoms with Crippen LogP contribution >= 0.6 is 0 Å². The van der Waals surface area contributed by atoms with Gasteiger partial charge in [0.1, 0.15) is 5.65 Å². The zero-order valence-corrected chi connectivity index (χ0v) is 17.0. The number of carbonyl (C=O) groups excluding carboxylic acids is 1. The fraction of sp³-hybridized carbons (Fsp3) is 0.550. The number of nitrogens with one attached hydrogen (secondary N) is 2. The summed E-state index contributed by atoms with van der Waals surface area (Å²) in [5.74, 6) is 0.893. The molecule has 2 heterocycles. The van der Waals surface area contributed by atoms with E-state index in [-0.39, 0.29) is 5.91 Å². The Labute approximate surface area is 161 Å². The van der Waals surface area contributed by atoms with Crippen LogP contribution in [0.2, 0.25) is 0 Å². The van der Waals surface area contributed by atoms with Gasteiger partial charge in [0, 0.05) is 51.4 Å². The van der Waals surface area contributed by atoms with Crippen molar-refractivity contribution in [2.24, 2.45) is 4.99 Å². The van der Waals surface area contributed by atoms with E-state index in [1.165, 1.54) is 5.56 Å². The molecule has 2 rings (SSSR count). The molecule has 27 heavy (non-hydrogen) atoms. The maximum atomic E-state index is 12.1. The highest BCUT2D eigenvalue weighted by atomic mass is 16.2. The molecule has 7 nitrogen and oxygen atoms in total. The predicted molar refractivity (Wildman–Crippen MR) is 110 cm³/mol. The first kappa shape index (κ1) is 20.7. The Morgan fingerprint density at radius 2 is 2.04 bits per heavy atom. The lowest BCUT2D eigenvalue weighted by Gasteiger charge is -2.18. The van der Waals surface area contributed by atoms with Crippen LogP contribution in [0.5, 0.6) is 0 Å². The zero-order valence-electron chi connectivity index (χ0n) is 17.0. The van der Waals surface area contributed by atoms with E-state index in [4.69, 9.17) is 4.98 Å². The SMILES string of the molecule is CCNC(=NCCC(=O)N(CC)CC)NCCc1cn2cccc(C)c2n1. The molecule has 0 spiro atoms. The number of carbonyl (C=O) groups is 1. The summed E-state index contributed by atoms with van der Waals surface area (Å²) in [5.41, 5.74) is 3.22. The molecule has 0 fully saturated rings. The minimum atomic E-state index is 0.152. The van der Waals surface area contributed by atoms with Crippen LogP contribution < -0.4 is 10.6 Å². The number of aliphatic imine (C=N–C) groups is 1. The maximum Gasteiger partial charge on any atom is 0.224 e. The second-order valence-corrected chi connectivity index (χ2v) is 6.41. The normalized spacial score (nSPS) is 11.6. The summed E-state index contributed by atoms with van der Waals surface area (Å²) in [4.78, 5) is 23.1. The Balaban J connectivity index is 1.85. The molecule has 2 aromatic rings. The third kappa shape index (κ3) is 5.98. The molecule has 0 aliphatic heterocycles. The summed E-state index contributed by atoms with van der Waals surface area (Å²) < 4.78 is 2.06. The van der Waals surface area contributed by atoms with E-state index in [2.05, 4.69) is 39.2 Å². The van der Waals surface area contributed by atoms with Crippen LogP contribution in [0.15, 0.2) is 29.5 Å². The lowest BCUT2D eigenvalue weighted by Crippen LogP contribution is -2.38. The molecular formula is C20H32N6O. The number of hydrogen-bond acceptors (Lipinski definition) is 3. The van der Waals surface area contributed by atoms with Crippen LogP contribution in [0.3, 0.4) is 0 Å². The zero-order chi connectivity index (χ0) is 19.6. The monoisotopic (exact) mass is 372 g/mol. The minimum absolute atomic E-state index is 0.152. The quantitative estimate of drug-likeness (QED) is 0.522. The Kier molecular flexibility index (Phi) is 8.10. The minimum Gasteiger partial charge on any atom is -0.357 e. The van der Waals surface area contributed by atoms with Gasteiger partial charge in [-0.1, -0.05) is 6.07 Å². The van der Waals surface area contributed by atoms with Crippen molar-refractivity contribution in [3.05, 3.63) is 35.8 Å². The van der Waals surface area contributed by atoms with Gasteiger partial charge >= 0.3 is 0 Å². The molecule has 7 heteroatoms. The van der Waals surface area contributed by atoms with Crippen molar-refractivity contribution in [2.45, 2.75) is 40.5 Å². The number of nitrogens with zero attached hydrogens (tertiary/aromatic N) is 4. The summed E-state index contributed by atoms with van der Waals surface area (Å²) in [5, 5.41) is 6.55. The van der Waals surface area contributed by atoms with Gasteiger partial charge in [-0.05, 0) is 39.3 Å². The molecule has 0 saturated heterocycles. The molecule has 0 aliphatic rings. The number of pyridine rings is 1. The Morgan fingerprint density at radius 1 is 1.26 bits per heavy atom. The van der Waals surface area contributed by atoms with Gasteiger partial charge in [-0.3, -0.25) is 9.79 Å². The third-order valence-corrected chi connectivity index (χ3v) is 4.46. The summed E-state index contributed by atoms with van der Waals surface area (Å²) in [7, 11) is 0. The van der Waals surface area contributed by atoms with Crippen LogP contribution in [-0.2, 0) is 11.2 Å². The number of aryl methyl sites for hydroxylation is 1. The number of amides is 1. The van der Waals surface area contributed by atoms with Crippen molar-refractivity contribution < 1.29 is 4.79 Å². The van der Waals surface area contributed by atoms with Gasteiger partial charge in [-0.2, -0.15) is 0 Å².